The number of allylic oxidation sites excluding steroid dienone is 9. The molecule has 290 valence electrons. The average Bonchev–Trinajstić information content (AvgIpc) is 3.34. The molecule has 3 aromatic carbocycles. The molecule has 2 aliphatic rings. The van der Waals surface area contributed by atoms with Crippen LogP contribution in [0.1, 0.15) is 94.5 Å². The van der Waals surface area contributed by atoms with Crippen LogP contribution in [0.25, 0.3) is 16.0 Å². The Hall–Kier alpha value is -4.71. The zero-order valence-electron chi connectivity index (χ0n) is 32.4. The molecule has 55 heavy (non-hydrogen) atoms. The van der Waals surface area contributed by atoms with E-state index in [0.717, 1.165) is 100 Å². The summed E-state index contributed by atoms with van der Waals surface area (Å²) in [5.41, 5.74) is 18.0. The number of unbranched alkanes of at least 4 members (excludes halogenated alkanes) is 1. The first-order valence-corrected chi connectivity index (χ1v) is 21.3. The smallest absolute Gasteiger partial charge is 0.294 e. The normalized spacial score (nSPS) is 17.6. The number of nitrogens with zero attached hydrogens (tertiary/aromatic N) is 4. The van der Waals surface area contributed by atoms with E-state index in [1.807, 2.05) is 51.1 Å². The Kier molecular flexibility index (Phi) is 12.2. The molecule has 0 fully saturated rings. The predicted octanol–water partition coefficient (Wildman–Crippen LogP) is 10.7. The minimum atomic E-state index is -4.39. The van der Waals surface area contributed by atoms with Gasteiger partial charge >= 0.3 is 0 Å². The van der Waals surface area contributed by atoms with Crippen molar-refractivity contribution < 1.29 is 25.9 Å². The number of benzene rings is 3. The molecule has 10 nitrogen and oxygen atoms in total. The van der Waals surface area contributed by atoms with Gasteiger partial charge in [0.1, 0.15) is 0 Å². The Morgan fingerprint density at radius 2 is 1.64 bits per heavy atom. The van der Waals surface area contributed by atoms with E-state index in [-0.39, 0.29) is 16.3 Å². The number of aryl methyl sites for hydroxylation is 1. The fourth-order valence-corrected chi connectivity index (χ4v) is 8.60. The van der Waals surface area contributed by atoms with E-state index in [1.54, 1.807) is 18.2 Å². The van der Waals surface area contributed by atoms with Gasteiger partial charge in [-0.25, -0.2) is 0 Å². The van der Waals surface area contributed by atoms with E-state index < -0.39 is 31.1 Å². The summed E-state index contributed by atoms with van der Waals surface area (Å²) in [5, 5.41) is 3.72. The molecule has 0 aromatic heterocycles. The summed E-state index contributed by atoms with van der Waals surface area (Å²) in [7, 11) is -8.77. The van der Waals surface area contributed by atoms with Crippen LogP contribution in [-0.2, 0) is 37.6 Å². The molecule has 1 aliphatic heterocycles. The Labute approximate surface area is 325 Å². The molecular formula is C43H50N4O6S2. The van der Waals surface area contributed by atoms with Crippen molar-refractivity contribution in [1.29, 1.82) is 0 Å². The summed E-state index contributed by atoms with van der Waals surface area (Å²) in [6.07, 6.45) is 12.8. The van der Waals surface area contributed by atoms with E-state index in [1.165, 1.54) is 18.2 Å². The summed E-state index contributed by atoms with van der Waals surface area (Å²) in [6.45, 7) is 17.6. The van der Waals surface area contributed by atoms with Crippen LogP contribution in [0, 0.1) is 6.92 Å². The van der Waals surface area contributed by atoms with E-state index in [2.05, 4.69) is 60.5 Å². The second-order valence-corrected chi connectivity index (χ2v) is 18.1. The summed E-state index contributed by atoms with van der Waals surface area (Å²) < 4.78 is 67.8. The fraction of sp³-hybridized carbons (Fsp3) is 0.349. The van der Waals surface area contributed by atoms with E-state index >= 15 is 0 Å². The molecule has 0 atom stereocenters. The van der Waals surface area contributed by atoms with E-state index in [4.69, 9.17) is 5.53 Å². The Bertz CT molecular complexity index is 2400. The standard InChI is InChI=1S/C43H50N4O6S2/c1-8-9-25-47-39-23-22-36(55(51,52)53)27-38(39)43(6,7)40(47)24-20-33-12-10-11-32(41(33)34-18-15-31(16-19-34)28-45-46-44)17-14-30(3)42(4,5)37-26-35(54(48,49)50)21-13-29(37)2/h13-24,26-27H,3,8-12,25,28H2,1-2,4-7H3,(H,48,49,50)(H,51,52,53)/b17-14+,33-20+,40-24+. The van der Waals surface area contributed by atoms with Crippen molar-refractivity contribution in [3.8, 4) is 0 Å². The summed E-state index contributed by atoms with van der Waals surface area (Å²) >= 11 is 0. The number of azide groups is 1. The molecule has 1 aliphatic carbocycles. The predicted molar refractivity (Wildman–Crippen MR) is 220 cm³/mol. The molecular weight excluding hydrogens is 733 g/mol. The van der Waals surface area contributed by atoms with Crippen molar-refractivity contribution in [3.63, 3.8) is 0 Å². The first-order valence-electron chi connectivity index (χ1n) is 18.4. The van der Waals surface area contributed by atoms with Gasteiger partial charge in [-0.3, -0.25) is 9.11 Å². The quantitative estimate of drug-likeness (QED) is 0.0573. The van der Waals surface area contributed by atoms with E-state index in [0.29, 0.717) is 0 Å². The van der Waals surface area contributed by atoms with Gasteiger partial charge in [-0.05, 0) is 125 Å². The third kappa shape index (κ3) is 8.90. The maximum absolute atomic E-state index is 12.1. The molecule has 0 spiro atoms. The summed E-state index contributed by atoms with van der Waals surface area (Å²) in [6, 6.07) is 17.4. The maximum Gasteiger partial charge on any atom is 0.294 e. The lowest BCUT2D eigenvalue weighted by Crippen LogP contribution is -2.27. The van der Waals surface area contributed by atoms with Crippen molar-refractivity contribution >= 4 is 31.5 Å². The molecule has 3 aromatic rings. The van der Waals surface area contributed by atoms with Gasteiger partial charge in [0.05, 0.1) is 16.3 Å². The van der Waals surface area contributed by atoms with Crippen LogP contribution in [0.15, 0.2) is 129 Å². The molecule has 0 saturated heterocycles. The van der Waals surface area contributed by atoms with Gasteiger partial charge in [-0.1, -0.05) is 101 Å². The summed E-state index contributed by atoms with van der Waals surface area (Å²) in [4.78, 5) is 4.86. The lowest BCUT2D eigenvalue weighted by Gasteiger charge is -2.29. The third-order valence-electron chi connectivity index (χ3n) is 10.9. The van der Waals surface area contributed by atoms with Gasteiger partial charge in [0.2, 0.25) is 0 Å². The van der Waals surface area contributed by atoms with E-state index in [9.17, 15) is 25.9 Å². The molecule has 0 bridgehead atoms. The lowest BCUT2D eigenvalue weighted by molar-refractivity contribution is 0.480. The lowest BCUT2D eigenvalue weighted by atomic mass is 9.75. The SMILES string of the molecule is C=C(/C=C/C1=C(c2ccc(CN=[N+]=[N-])cc2)C(=C/C=C2/N(CCCC)c3ccc(S(=O)(=O)O)cc3C2(C)C)/CCC1)C(C)(C)c1cc(S(=O)(=O)O)ccc1C. The fourth-order valence-electron chi connectivity index (χ4n) is 7.59. The van der Waals surface area contributed by atoms with Crippen LogP contribution >= 0.6 is 0 Å². The van der Waals surface area contributed by atoms with Gasteiger partial charge in [0.25, 0.3) is 20.2 Å². The molecule has 1 heterocycles. The number of hydrogen-bond acceptors (Lipinski definition) is 6. The molecule has 12 heteroatoms. The van der Waals surface area contributed by atoms with Gasteiger partial charge in [0, 0.05) is 33.7 Å². The van der Waals surface area contributed by atoms with Crippen LogP contribution in [0.3, 0.4) is 0 Å². The largest absolute Gasteiger partial charge is 0.344 e. The van der Waals surface area contributed by atoms with Crippen molar-refractivity contribution in [2.45, 2.75) is 101 Å². The first-order chi connectivity index (χ1) is 25.8. The highest BCUT2D eigenvalue weighted by atomic mass is 32.2. The molecule has 5 rings (SSSR count). The van der Waals surface area contributed by atoms with Crippen molar-refractivity contribution in [2.24, 2.45) is 5.11 Å². The Balaban J connectivity index is 1.63. The first kappa shape index (κ1) is 41.5. The monoisotopic (exact) mass is 782 g/mol. The average molecular weight is 783 g/mol. The number of hydrogen-bond donors (Lipinski definition) is 2. The Morgan fingerprint density at radius 1 is 0.982 bits per heavy atom. The molecule has 0 unspecified atom stereocenters. The van der Waals surface area contributed by atoms with Gasteiger partial charge in [0.15, 0.2) is 0 Å². The van der Waals surface area contributed by atoms with Crippen LogP contribution in [0.2, 0.25) is 0 Å². The van der Waals surface area contributed by atoms with Crippen LogP contribution in [-0.4, -0.2) is 32.5 Å². The number of anilines is 1. The van der Waals surface area contributed by atoms with Gasteiger partial charge in [-0.15, -0.1) is 0 Å². The zero-order valence-corrected chi connectivity index (χ0v) is 34.0. The molecule has 0 saturated carbocycles. The third-order valence-corrected chi connectivity index (χ3v) is 12.6. The summed E-state index contributed by atoms with van der Waals surface area (Å²) in [5.74, 6) is 0. The van der Waals surface area contributed by atoms with Crippen LogP contribution in [0.4, 0.5) is 5.69 Å². The zero-order chi connectivity index (χ0) is 40.3. The van der Waals surface area contributed by atoms with Crippen LogP contribution < -0.4 is 4.90 Å². The second kappa shape index (κ2) is 16.2. The molecule has 0 radical (unpaired) electrons. The minimum absolute atomic E-state index is 0.127. The maximum atomic E-state index is 12.1. The highest BCUT2D eigenvalue weighted by molar-refractivity contribution is 7.86. The van der Waals surface area contributed by atoms with Crippen LogP contribution in [0.5, 0.6) is 0 Å². The highest BCUT2D eigenvalue weighted by Gasteiger charge is 2.40. The van der Waals surface area contributed by atoms with Crippen molar-refractivity contribution in [2.75, 3.05) is 11.4 Å². The van der Waals surface area contributed by atoms with Crippen molar-refractivity contribution in [3.05, 3.63) is 152 Å². The number of fused-ring (bicyclic) bond motifs is 1. The second-order valence-electron chi connectivity index (χ2n) is 15.3. The van der Waals surface area contributed by atoms with Gasteiger partial charge < -0.3 is 4.90 Å². The highest BCUT2D eigenvalue weighted by Crippen LogP contribution is 2.49. The van der Waals surface area contributed by atoms with Crippen molar-refractivity contribution in [1.82, 2.24) is 0 Å². The molecule has 2 N–H and O–H groups in total. The Morgan fingerprint density at radius 3 is 2.27 bits per heavy atom. The topological polar surface area (TPSA) is 161 Å². The number of rotatable bonds is 13. The minimum Gasteiger partial charge on any atom is -0.344 e. The van der Waals surface area contributed by atoms with Gasteiger partial charge in [-0.2, -0.15) is 16.8 Å². The molecule has 0 amide bonds.